The van der Waals surface area contributed by atoms with Crippen molar-refractivity contribution in [2.24, 2.45) is 4.99 Å². The first-order valence-corrected chi connectivity index (χ1v) is 9.44. The molecule has 3 N–H and O–H groups in total. The van der Waals surface area contributed by atoms with Crippen molar-refractivity contribution >= 4 is 18.0 Å². The number of hydrogen-bond acceptors (Lipinski definition) is 6. The normalized spacial score (nSPS) is 16.1. The van der Waals surface area contributed by atoms with Crippen molar-refractivity contribution in [3.63, 3.8) is 0 Å². The van der Waals surface area contributed by atoms with Gasteiger partial charge in [0.25, 0.3) is 5.91 Å². The van der Waals surface area contributed by atoms with E-state index < -0.39 is 17.8 Å². The van der Waals surface area contributed by atoms with E-state index in [0.717, 1.165) is 38.8 Å². The summed E-state index contributed by atoms with van der Waals surface area (Å²) in [6.45, 7) is 3.28. The lowest BCUT2D eigenvalue weighted by atomic mass is 10.1. The van der Waals surface area contributed by atoms with Gasteiger partial charge in [-0.25, -0.2) is 9.37 Å². The first kappa shape index (κ1) is 20.5. The van der Waals surface area contributed by atoms with E-state index >= 15 is 0 Å². The molecule has 0 saturated carbocycles. The number of nitrogens with zero attached hydrogens (tertiary/aromatic N) is 4. The summed E-state index contributed by atoms with van der Waals surface area (Å²) in [5.41, 5.74) is 0.585. The Morgan fingerprint density at radius 3 is 2.93 bits per heavy atom. The number of aliphatic imine (C=N–C) groups is 1. The molecule has 3 rings (SSSR count). The Bertz CT molecular complexity index is 894. The summed E-state index contributed by atoms with van der Waals surface area (Å²) in [6, 6.07) is 5.50. The molecule has 1 fully saturated rings. The number of halogens is 1. The number of carbonyl (C=O) groups is 1. The monoisotopic (exact) mass is 397 g/mol. The summed E-state index contributed by atoms with van der Waals surface area (Å²) in [5, 5.41) is 13.9. The number of aromatic nitrogens is 2. The van der Waals surface area contributed by atoms with Crippen molar-refractivity contribution in [1.82, 2.24) is 25.5 Å². The van der Waals surface area contributed by atoms with Crippen LogP contribution >= 0.6 is 0 Å². The maximum Gasteiger partial charge on any atom is 0.272 e. The molecule has 1 aromatic carbocycles. The molecular formula is C20H24FN7O. The van der Waals surface area contributed by atoms with Gasteiger partial charge in [-0.15, -0.1) is 0 Å². The number of benzene rings is 1. The van der Waals surface area contributed by atoms with E-state index in [4.69, 9.17) is 5.41 Å². The Kier molecular flexibility index (Phi) is 6.96. The molecule has 2 aromatic rings. The van der Waals surface area contributed by atoms with Gasteiger partial charge in [0, 0.05) is 38.5 Å². The summed E-state index contributed by atoms with van der Waals surface area (Å²) < 4.78 is 14.0. The van der Waals surface area contributed by atoms with Gasteiger partial charge in [-0.1, -0.05) is 12.1 Å². The van der Waals surface area contributed by atoms with Crippen molar-refractivity contribution in [3.05, 3.63) is 48.2 Å². The molecule has 1 aliphatic rings. The second-order valence-electron chi connectivity index (χ2n) is 6.56. The maximum atomic E-state index is 14.0. The van der Waals surface area contributed by atoms with E-state index in [0.29, 0.717) is 5.84 Å². The lowest BCUT2D eigenvalue weighted by molar-refractivity contribution is 0.0947. The van der Waals surface area contributed by atoms with Crippen molar-refractivity contribution in [3.8, 4) is 11.3 Å². The number of amides is 1. The lowest BCUT2D eigenvalue weighted by Crippen LogP contribution is -2.50. The average Bonchev–Trinajstić information content (AvgIpc) is 3.03. The van der Waals surface area contributed by atoms with E-state index in [1.54, 1.807) is 25.2 Å². The second-order valence-corrected chi connectivity index (χ2v) is 6.56. The molecule has 1 atom stereocenters. The standard InChI is InChI=1S/C20H24FN7O/c1-23-19(28-9-4-7-24-8-10-28)16(11-22)27-20(29)18-13-25-12-17(26-18)14-5-2-3-6-15(14)21/h2-3,5-6,11-13,16,22,24H,4,7-10H2,1H3,(H,27,29). The summed E-state index contributed by atoms with van der Waals surface area (Å²) in [6.07, 6.45) is 4.83. The van der Waals surface area contributed by atoms with Crippen LogP contribution in [0.4, 0.5) is 4.39 Å². The predicted octanol–water partition coefficient (Wildman–Crippen LogP) is 1.35. The molecule has 9 heteroatoms. The van der Waals surface area contributed by atoms with Gasteiger partial charge in [-0.2, -0.15) is 0 Å². The zero-order chi connectivity index (χ0) is 20.6. The number of amidine groups is 1. The molecule has 1 aromatic heterocycles. The molecule has 0 radical (unpaired) electrons. The van der Waals surface area contributed by atoms with E-state index in [1.165, 1.54) is 18.5 Å². The number of carbonyl (C=O) groups excluding carboxylic acids is 1. The highest BCUT2D eigenvalue weighted by atomic mass is 19.1. The van der Waals surface area contributed by atoms with Crippen LogP contribution in [-0.4, -0.2) is 72.1 Å². The van der Waals surface area contributed by atoms with Crippen LogP contribution in [0.25, 0.3) is 11.3 Å². The minimum Gasteiger partial charge on any atom is -0.357 e. The van der Waals surface area contributed by atoms with Gasteiger partial charge in [0.2, 0.25) is 0 Å². The van der Waals surface area contributed by atoms with Gasteiger partial charge in [-0.05, 0) is 25.1 Å². The van der Waals surface area contributed by atoms with E-state index in [-0.39, 0.29) is 17.0 Å². The zero-order valence-electron chi connectivity index (χ0n) is 16.2. The van der Waals surface area contributed by atoms with Gasteiger partial charge in [-0.3, -0.25) is 14.8 Å². The highest BCUT2D eigenvalue weighted by Crippen LogP contribution is 2.19. The Balaban J connectivity index is 1.78. The molecule has 1 unspecified atom stereocenters. The fourth-order valence-corrected chi connectivity index (χ4v) is 3.22. The molecular weight excluding hydrogens is 373 g/mol. The number of hydrogen-bond donors (Lipinski definition) is 3. The van der Waals surface area contributed by atoms with E-state index in [9.17, 15) is 9.18 Å². The molecule has 0 spiro atoms. The highest BCUT2D eigenvalue weighted by Gasteiger charge is 2.23. The van der Waals surface area contributed by atoms with Gasteiger partial charge >= 0.3 is 0 Å². The van der Waals surface area contributed by atoms with Crippen molar-refractivity contribution in [1.29, 1.82) is 5.41 Å². The lowest BCUT2D eigenvalue weighted by Gasteiger charge is -2.28. The zero-order valence-corrected chi connectivity index (χ0v) is 16.2. The third-order valence-electron chi connectivity index (χ3n) is 4.64. The second kappa shape index (κ2) is 9.83. The topological polar surface area (TPSA) is 106 Å². The van der Waals surface area contributed by atoms with Crippen LogP contribution < -0.4 is 10.6 Å². The minimum atomic E-state index is -0.690. The number of rotatable bonds is 5. The first-order valence-electron chi connectivity index (χ1n) is 9.44. The minimum absolute atomic E-state index is 0.0468. The predicted molar refractivity (Wildman–Crippen MR) is 110 cm³/mol. The summed E-state index contributed by atoms with van der Waals surface area (Å²) >= 11 is 0. The van der Waals surface area contributed by atoms with Gasteiger partial charge < -0.3 is 20.9 Å². The third-order valence-corrected chi connectivity index (χ3v) is 4.64. The number of nitrogens with one attached hydrogen (secondary N) is 3. The van der Waals surface area contributed by atoms with Crippen molar-refractivity contribution < 1.29 is 9.18 Å². The largest absolute Gasteiger partial charge is 0.357 e. The molecule has 29 heavy (non-hydrogen) atoms. The van der Waals surface area contributed by atoms with Gasteiger partial charge in [0.15, 0.2) is 0 Å². The fourth-order valence-electron chi connectivity index (χ4n) is 3.22. The molecule has 1 aliphatic heterocycles. The van der Waals surface area contributed by atoms with Crippen molar-refractivity contribution in [2.75, 3.05) is 33.2 Å². The van der Waals surface area contributed by atoms with Crippen LogP contribution in [0, 0.1) is 11.2 Å². The van der Waals surface area contributed by atoms with Gasteiger partial charge in [0.1, 0.15) is 23.4 Å². The molecule has 1 amide bonds. The summed E-state index contributed by atoms with van der Waals surface area (Å²) in [5.74, 6) is -0.319. The highest BCUT2D eigenvalue weighted by molar-refractivity contribution is 6.05. The third kappa shape index (κ3) is 5.00. The fraction of sp³-hybridized carbons (Fsp3) is 0.350. The van der Waals surface area contributed by atoms with Crippen LogP contribution in [0.15, 0.2) is 41.7 Å². The van der Waals surface area contributed by atoms with Crippen molar-refractivity contribution in [2.45, 2.75) is 12.5 Å². The molecule has 0 bridgehead atoms. The molecule has 8 nitrogen and oxygen atoms in total. The maximum absolute atomic E-state index is 14.0. The van der Waals surface area contributed by atoms with Crippen LogP contribution in [0.2, 0.25) is 0 Å². The quantitative estimate of drug-likeness (QED) is 0.522. The molecule has 0 aliphatic carbocycles. The summed E-state index contributed by atoms with van der Waals surface area (Å²) in [4.78, 5) is 27.4. The smallest absolute Gasteiger partial charge is 0.272 e. The Labute approximate surface area is 168 Å². The van der Waals surface area contributed by atoms with Crippen LogP contribution in [0.1, 0.15) is 16.9 Å². The molecule has 152 valence electrons. The van der Waals surface area contributed by atoms with Crippen LogP contribution in [0.5, 0.6) is 0 Å². The van der Waals surface area contributed by atoms with E-state index in [2.05, 4.69) is 30.5 Å². The van der Waals surface area contributed by atoms with Gasteiger partial charge in [0.05, 0.1) is 18.1 Å². The van der Waals surface area contributed by atoms with Crippen LogP contribution in [0.3, 0.4) is 0 Å². The van der Waals surface area contributed by atoms with Crippen LogP contribution in [-0.2, 0) is 0 Å². The first-order chi connectivity index (χ1) is 14.1. The Morgan fingerprint density at radius 2 is 2.17 bits per heavy atom. The Hall–Kier alpha value is -3.20. The van der Waals surface area contributed by atoms with E-state index in [1.807, 2.05) is 0 Å². The average molecular weight is 397 g/mol. The molecule has 1 saturated heterocycles. The SMILES string of the molecule is CN=C(C(C=N)NC(=O)c1cncc(-c2ccccc2F)n1)N1CCCNCC1. The Morgan fingerprint density at radius 1 is 1.34 bits per heavy atom. The summed E-state index contributed by atoms with van der Waals surface area (Å²) in [7, 11) is 1.65. The molecule has 2 heterocycles.